The Bertz CT molecular complexity index is 1020. The molecule has 0 aliphatic rings. The fourth-order valence-electron chi connectivity index (χ4n) is 3.15. The van der Waals surface area contributed by atoms with E-state index in [-0.39, 0.29) is 11.8 Å². The monoisotopic (exact) mass is 409 g/mol. The van der Waals surface area contributed by atoms with E-state index in [1.54, 1.807) is 30.3 Å². The van der Waals surface area contributed by atoms with Gasteiger partial charge in [-0.25, -0.2) is 0 Å². The molecule has 0 unspecified atom stereocenters. The summed E-state index contributed by atoms with van der Waals surface area (Å²) in [6, 6.07) is 16.4. The van der Waals surface area contributed by atoms with Gasteiger partial charge in [-0.1, -0.05) is 18.5 Å². The molecule has 2 N–H and O–H groups in total. The molecule has 5 nitrogen and oxygen atoms in total. The smallest absolute Gasteiger partial charge is 0.255 e. The summed E-state index contributed by atoms with van der Waals surface area (Å²) < 4.78 is 2.13. The number of aromatic nitrogens is 1. The summed E-state index contributed by atoms with van der Waals surface area (Å²) in [5.74, 6) is -0.460. The largest absolute Gasteiger partial charge is 0.352 e. The standard InChI is InChI=1S/C23H24ClN3O2/c1-4-13-25-23(29)20-12-9-18(14-21(20)24)26-22(28)17-7-10-19(11-8-17)27-15(2)5-6-16(27)3/h5-12,14H,4,13H2,1-3H3,(H,25,29)(H,26,28). The van der Waals surface area contributed by atoms with Crippen LogP contribution in [0.15, 0.2) is 54.6 Å². The molecule has 3 rings (SSSR count). The third kappa shape index (κ3) is 4.69. The maximum atomic E-state index is 12.6. The van der Waals surface area contributed by atoms with Crippen molar-refractivity contribution in [2.45, 2.75) is 27.2 Å². The molecule has 0 aliphatic carbocycles. The molecule has 6 heteroatoms. The highest BCUT2D eigenvalue weighted by Gasteiger charge is 2.12. The van der Waals surface area contributed by atoms with Crippen molar-refractivity contribution in [1.82, 2.24) is 9.88 Å². The number of nitrogens with zero attached hydrogens (tertiary/aromatic N) is 1. The molecule has 0 atom stereocenters. The zero-order chi connectivity index (χ0) is 21.0. The molecule has 1 heterocycles. The number of nitrogens with one attached hydrogen (secondary N) is 2. The second-order valence-corrected chi connectivity index (χ2v) is 7.31. The van der Waals surface area contributed by atoms with Crippen molar-refractivity contribution >= 4 is 29.1 Å². The van der Waals surface area contributed by atoms with Crippen LogP contribution in [0.5, 0.6) is 0 Å². The van der Waals surface area contributed by atoms with Crippen LogP contribution >= 0.6 is 11.6 Å². The Labute approximate surface area is 175 Å². The molecule has 1 aromatic heterocycles. The molecule has 0 saturated heterocycles. The number of benzene rings is 2. The molecule has 3 aromatic rings. The number of anilines is 1. The minimum Gasteiger partial charge on any atom is -0.352 e. The second kappa shape index (κ2) is 8.97. The summed E-state index contributed by atoms with van der Waals surface area (Å²) in [7, 11) is 0. The number of rotatable bonds is 6. The Morgan fingerprint density at radius 1 is 0.931 bits per heavy atom. The number of amides is 2. The second-order valence-electron chi connectivity index (χ2n) is 6.90. The van der Waals surface area contributed by atoms with Gasteiger partial charge in [0.25, 0.3) is 11.8 Å². The van der Waals surface area contributed by atoms with E-state index in [0.717, 1.165) is 23.5 Å². The lowest BCUT2D eigenvalue weighted by atomic mass is 10.1. The van der Waals surface area contributed by atoms with Crippen molar-refractivity contribution in [2.75, 3.05) is 11.9 Å². The Balaban J connectivity index is 1.72. The number of carbonyl (C=O) groups excluding carboxylic acids is 2. The van der Waals surface area contributed by atoms with Crippen LogP contribution in [-0.4, -0.2) is 22.9 Å². The SMILES string of the molecule is CCCNC(=O)c1ccc(NC(=O)c2ccc(-n3c(C)ccc3C)cc2)cc1Cl. The Kier molecular flexibility index (Phi) is 6.39. The Morgan fingerprint density at radius 2 is 1.59 bits per heavy atom. The van der Waals surface area contributed by atoms with Gasteiger partial charge < -0.3 is 15.2 Å². The molecule has 150 valence electrons. The normalized spacial score (nSPS) is 10.6. The highest BCUT2D eigenvalue weighted by atomic mass is 35.5. The summed E-state index contributed by atoms with van der Waals surface area (Å²) in [6.07, 6.45) is 0.847. The predicted octanol–water partition coefficient (Wildman–Crippen LogP) is 5.14. The zero-order valence-electron chi connectivity index (χ0n) is 16.8. The quantitative estimate of drug-likeness (QED) is 0.592. The van der Waals surface area contributed by atoms with Crippen molar-refractivity contribution in [3.63, 3.8) is 0 Å². The first-order valence-corrected chi connectivity index (χ1v) is 9.93. The average molecular weight is 410 g/mol. The third-order valence-electron chi connectivity index (χ3n) is 4.67. The number of carbonyl (C=O) groups is 2. The molecule has 0 aliphatic heterocycles. The van der Waals surface area contributed by atoms with Crippen LogP contribution in [0.2, 0.25) is 5.02 Å². The van der Waals surface area contributed by atoms with Gasteiger partial charge in [0.2, 0.25) is 0 Å². The van der Waals surface area contributed by atoms with E-state index in [9.17, 15) is 9.59 Å². The van der Waals surface area contributed by atoms with E-state index in [4.69, 9.17) is 11.6 Å². The fourth-order valence-corrected chi connectivity index (χ4v) is 3.42. The van der Waals surface area contributed by atoms with E-state index < -0.39 is 0 Å². The average Bonchev–Trinajstić information content (AvgIpc) is 3.04. The summed E-state index contributed by atoms with van der Waals surface area (Å²) in [5, 5.41) is 5.91. The number of aryl methyl sites for hydroxylation is 2. The molecule has 0 fully saturated rings. The minimum absolute atomic E-state index is 0.221. The van der Waals surface area contributed by atoms with Gasteiger partial charge in [-0.15, -0.1) is 0 Å². The van der Waals surface area contributed by atoms with Crippen LogP contribution in [0.4, 0.5) is 5.69 Å². The highest BCUT2D eigenvalue weighted by molar-refractivity contribution is 6.34. The van der Waals surface area contributed by atoms with Gasteiger partial charge in [-0.2, -0.15) is 0 Å². The van der Waals surface area contributed by atoms with E-state index in [1.165, 1.54) is 0 Å². The Morgan fingerprint density at radius 3 is 2.17 bits per heavy atom. The fraction of sp³-hybridized carbons (Fsp3) is 0.217. The summed E-state index contributed by atoms with van der Waals surface area (Å²) in [4.78, 5) is 24.6. The van der Waals surface area contributed by atoms with Crippen LogP contribution in [0.25, 0.3) is 5.69 Å². The molecular formula is C23H24ClN3O2. The lowest BCUT2D eigenvalue weighted by Crippen LogP contribution is -2.24. The number of hydrogen-bond acceptors (Lipinski definition) is 2. The molecular weight excluding hydrogens is 386 g/mol. The lowest BCUT2D eigenvalue weighted by Gasteiger charge is -2.11. The first kappa shape index (κ1) is 20.7. The zero-order valence-corrected chi connectivity index (χ0v) is 17.5. The van der Waals surface area contributed by atoms with E-state index in [2.05, 4.69) is 27.3 Å². The predicted molar refractivity (Wildman–Crippen MR) is 117 cm³/mol. The summed E-state index contributed by atoms with van der Waals surface area (Å²) in [6.45, 7) is 6.66. The van der Waals surface area contributed by atoms with Crippen LogP contribution in [0.1, 0.15) is 45.4 Å². The van der Waals surface area contributed by atoms with Crippen molar-refractivity contribution < 1.29 is 9.59 Å². The maximum absolute atomic E-state index is 12.6. The van der Waals surface area contributed by atoms with Crippen LogP contribution in [0, 0.1) is 13.8 Å². The molecule has 2 aromatic carbocycles. The van der Waals surface area contributed by atoms with E-state index in [1.807, 2.05) is 32.9 Å². The lowest BCUT2D eigenvalue weighted by molar-refractivity contribution is 0.0953. The molecule has 2 amide bonds. The van der Waals surface area contributed by atoms with Gasteiger partial charge in [0, 0.05) is 34.9 Å². The highest BCUT2D eigenvalue weighted by Crippen LogP contribution is 2.22. The molecule has 29 heavy (non-hydrogen) atoms. The summed E-state index contributed by atoms with van der Waals surface area (Å²) >= 11 is 6.23. The van der Waals surface area contributed by atoms with Crippen molar-refractivity contribution in [3.05, 3.63) is 82.1 Å². The van der Waals surface area contributed by atoms with Crippen LogP contribution in [-0.2, 0) is 0 Å². The maximum Gasteiger partial charge on any atom is 0.255 e. The van der Waals surface area contributed by atoms with E-state index >= 15 is 0 Å². The van der Waals surface area contributed by atoms with Crippen molar-refractivity contribution in [2.24, 2.45) is 0 Å². The topological polar surface area (TPSA) is 63.1 Å². The molecule has 0 radical (unpaired) electrons. The summed E-state index contributed by atoms with van der Waals surface area (Å²) in [5.41, 5.74) is 4.74. The minimum atomic E-state index is -0.239. The molecule has 0 bridgehead atoms. The number of halogens is 1. The van der Waals surface area contributed by atoms with Crippen LogP contribution < -0.4 is 10.6 Å². The van der Waals surface area contributed by atoms with E-state index in [0.29, 0.717) is 28.4 Å². The van der Waals surface area contributed by atoms with Gasteiger partial charge in [-0.05, 0) is 74.9 Å². The van der Waals surface area contributed by atoms with Gasteiger partial charge >= 0.3 is 0 Å². The molecule has 0 spiro atoms. The first-order valence-electron chi connectivity index (χ1n) is 9.55. The van der Waals surface area contributed by atoms with Gasteiger partial charge in [0.1, 0.15) is 0 Å². The Hall–Kier alpha value is -3.05. The van der Waals surface area contributed by atoms with Crippen molar-refractivity contribution in [3.8, 4) is 5.69 Å². The van der Waals surface area contributed by atoms with Gasteiger partial charge in [0.05, 0.1) is 10.6 Å². The van der Waals surface area contributed by atoms with Crippen LogP contribution in [0.3, 0.4) is 0 Å². The van der Waals surface area contributed by atoms with Gasteiger partial charge in [-0.3, -0.25) is 9.59 Å². The molecule has 0 saturated carbocycles. The number of hydrogen-bond donors (Lipinski definition) is 2. The van der Waals surface area contributed by atoms with Crippen molar-refractivity contribution in [1.29, 1.82) is 0 Å². The van der Waals surface area contributed by atoms with Gasteiger partial charge in [0.15, 0.2) is 0 Å². The third-order valence-corrected chi connectivity index (χ3v) is 4.98. The first-order chi connectivity index (χ1) is 13.9.